The molecule has 2 aliphatic rings. The summed E-state index contributed by atoms with van der Waals surface area (Å²) in [7, 11) is 0. The molecule has 0 spiro atoms. The van der Waals surface area contributed by atoms with E-state index in [1.807, 2.05) is 36.4 Å². The molecule has 1 aliphatic carbocycles. The van der Waals surface area contributed by atoms with Crippen molar-refractivity contribution < 1.29 is 19.2 Å². The third kappa shape index (κ3) is 4.98. The van der Waals surface area contributed by atoms with Crippen LogP contribution >= 0.6 is 43.9 Å². The van der Waals surface area contributed by atoms with Gasteiger partial charge in [-0.2, -0.15) is 0 Å². The van der Waals surface area contributed by atoms with Crippen LogP contribution in [-0.4, -0.2) is 19.7 Å². The normalized spacial score (nSPS) is 14.5. The fourth-order valence-electron chi connectivity index (χ4n) is 4.32. The summed E-state index contributed by atoms with van der Waals surface area (Å²) in [5.41, 5.74) is 4.30. The minimum atomic E-state index is -0.827. The summed E-state index contributed by atoms with van der Waals surface area (Å²) in [5.74, 6) is 1.10. The van der Waals surface area contributed by atoms with E-state index in [9.17, 15) is 9.90 Å². The Morgan fingerprint density at radius 1 is 1.03 bits per heavy atom. The van der Waals surface area contributed by atoms with Gasteiger partial charge in [0.15, 0.2) is 0 Å². The molecule has 0 amide bonds. The number of rotatable bonds is 7. The first-order chi connectivity index (χ1) is 18.0. The van der Waals surface area contributed by atoms with Crippen molar-refractivity contribution in [3.05, 3.63) is 92.5 Å². The van der Waals surface area contributed by atoms with Crippen molar-refractivity contribution in [2.75, 3.05) is 0 Å². The van der Waals surface area contributed by atoms with Gasteiger partial charge < -0.3 is 14.4 Å². The van der Waals surface area contributed by atoms with Gasteiger partial charge in [0.25, 0.3) is 0 Å². The lowest BCUT2D eigenvalue weighted by atomic mass is 10.0. The third-order valence-electron chi connectivity index (χ3n) is 6.40. The molecule has 3 aromatic carbocycles. The topological polar surface area (TPSA) is 72.6 Å². The summed E-state index contributed by atoms with van der Waals surface area (Å²) in [6.07, 6.45) is 3.93. The second-order valence-corrected chi connectivity index (χ2v) is 12.1. The van der Waals surface area contributed by atoms with E-state index in [0.29, 0.717) is 37.3 Å². The van der Waals surface area contributed by atoms with Gasteiger partial charge in [-0.05, 0) is 74.9 Å². The molecule has 1 N–H and O–H groups in total. The van der Waals surface area contributed by atoms with Gasteiger partial charge in [-0.3, -0.25) is 0 Å². The van der Waals surface area contributed by atoms with Gasteiger partial charge in [-0.25, -0.2) is 4.79 Å². The number of aliphatic carboxylic acids is 1. The van der Waals surface area contributed by atoms with Crippen molar-refractivity contribution in [2.24, 2.45) is 0 Å². The largest absolute Gasteiger partial charge is 0.489 e. The molecular formula is C29H20Cl2INO4. The minimum Gasteiger partial charge on any atom is -0.489 e. The Morgan fingerprint density at radius 2 is 1.76 bits per heavy atom. The summed E-state index contributed by atoms with van der Waals surface area (Å²) in [4.78, 5) is 11.3. The Bertz CT molecular complexity index is 1670. The van der Waals surface area contributed by atoms with E-state index in [-0.39, 0.29) is 0 Å². The van der Waals surface area contributed by atoms with Crippen LogP contribution in [0.5, 0.6) is 5.75 Å². The Balaban J connectivity index is 1.24. The highest BCUT2D eigenvalue weighted by Crippen LogP contribution is 2.46. The fourth-order valence-corrected chi connectivity index (χ4v) is 6.89. The molecule has 1 fully saturated rings. The molecule has 0 atom stereocenters. The van der Waals surface area contributed by atoms with E-state index in [4.69, 9.17) is 32.5 Å². The number of carboxylic acid groups (broad SMARTS) is 1. The number of benzene rings is 3. The molecule has 2 heterocycles. The fraction of sp³-hybridized carbons (Fsp3) is 0.138. The number of ether oxygens (including phenoxy) is 1. The number of hydrogen-bond donors (Lipinski definition) is 1. The molecule has 186 valence electrons. The van der Waals surface area contributed by atoms with Crippen LogP contribution in [0.4, 0.5) is 0 Å². The molecule has 37 heavy (non-hydrogen) atoms. The molecule has 6 rings (SSSR count). The quantitative estimate of drug-likeness (QED) is 0.232. The van der Waals surface area contributed by atoms with Gasteiger partial charge in [-0.15, -0.1) is 0 Å². The van der Waals surface area contributed by atoms with E-state index >= 15 is 0 Å². The second-order valence-electron chi connectivity index (χ2n) is 8.92. The number of carbonyl (C=O) groups is 1. The summed E-state index contributed by atoms with van der Waals surface area (Å²) < 4.78 is 14.5. The van der Waals surface area contributed by atoms with Crippen LogP contribution < -0.4 is 15.2 Å². The average molecular weight is 644 g/mol. The van der Waals surface area contributed by atoms with Gasteiger partial charge in [-0.1, -0.05) is 79.4 Å². The first-order valence-corrected chi connectivity index (χ1v) is 14.8. The van der Waals surface area contributed by atoms with Gasteiger partial charge >= 0.3 is 5.97 Å². The summed E-state index contributed by atoms with van der Waals surface area (Å²) in [6, 6.07) is 19.4. The maximum absolute atomic E-state index is 11.3. The standard InChI is InChI=1S/C29H20Cl2INO4/c30-23-2-1-3-24(31)26(23)27-22(28(37-33-27)17-4-5-17)15-36-21-10-8-16(9-11-21)18-6-7-19-13-25(29(34)35)32-14-20(19)12-18/h1-3,6-14,17H,4-5,15H2,(H,34,35). The smallest absolute Gasteiger partial charge is 0.341 e. The molecule has 8 heteroatoms. The number of hydrogen-bond acceptors (Lipinski definition) is 4. The Labute approximate surface area is 232 Å². The highest BCUT2D eigenvalue weighted by molar-refractivity contribution is 14.2. The highest BCUT2D eigenvalue weighted by atomic mass is 127. The maximum atomic E-state index is 11.3. The molecule has 0 bridgehead atoms. The first-order valence-electron chi connectivity index (χ1n) is 11.7. The molecule has 1 aliphatic heterocycles. The first kappa shape index (κ1) is 24.4. The number of aromatic nitrogens is 1. The molecular weight excluding hydrogens is 624 g/mol. The number of nitrogens with zero attached hydrogens (tertiary/aromatic N) is 1. The lowest BCUT2D eigenvalue weighted by molar-refractivity contribution is -0.128. The van der Waals surface area contributed by atoms with Crippen LogP contribution in [0.2, 0.25) is 10.0 Å². The average Bonchev–Trinajstić information content (AvgIpc) is 3.67. The van der Waals surface area contributed by atoms with Crippen LogP contribution in [0, 0.1) is 0 Å². The van der Waals surface area contributed by atoms with Gasteiger partial charge in [0.2, 0.25) is 0 Å². The van der Waals surface area contributed by atoms with E-state index in [1.54, 1.807) is 24.3 Å². The van der Waals surface area contributed by atoms with Crippen molar-refractivity contribution in [2.45, 2.75) is 25.4 Å². The van der Waals surface area contributed by atoms with Crippen LogP contribution in [0.25, 0.3) is 32.5 Å². The van der Waals surface area contributed by atoms with Crippen molar-refractivity contribution in [1.82, 2.24) is 5.16 Å². The zero-order valence-corrected chi connectivity index (χ0v) is 23.0. The predicted octanol–water partition coefficient (Wildman–Crippen LogP) is 6.53. The molecule has 0 radical (unpaired) electrons. The number of fused-ring (bicyclic) bond motifs is 1. The molecule has 1 saturated carbocycles. The van der Waals surface area contributed by atoms with E-state index in [1.165, 1.54) is 0 Å². The molecule has 5 nitrogen and oxygen atoms in total. The van der Waals surface area contributed by atoms with E-state index in [2.05, 4.69) is 15.3 Å². The zero-order valence-electron chi connectivity index (χ0n) is 19.4. The predicted molar refractivity (Wildman–Crippen MR) is 155 cm³/mol. The van der Waals surface area contributed by atoms with Crippen LogP contribution in [0.1, 0.15) is 30.1 Å². The molecule has 0 unspecified atom stereocenters. The highest BCUT2D eigenvalue weighted by Gasteiger charge is 2.33. The Kier molecular flexibility index (Phi) is 6.65. The van der Waals surface area contributed by atoms with Gasteiger partial charge in [0.1, 0.15) is 23.8 Å². The maximum Gasteiger partial charge on any atom is 0.341 e. The van der Waals surface area contributed by atoms with Crippen LogP contribution in [-0.2, 0) is 11.4 Å². The van der Waals surface area contributed by atoms with Crippen molar-refractivity contribution in [3.63, 3.8) is 0 Å². The lowest BCUT2D eigenvalue weighted by Crippen LogP contribution is -2.28. The van der Waals surface area contributed by atoms with Crippen LogP contribution in [0.15, 0.2) is 65.2 Å². The lowest BCUT2D eigenvalue weighted by Gasteiger charge is -2.10. The third-order valence-corrected chi connectivity index (χ3v) is 9.46. The Morgan fingerprint density at radius 3 is 2.46 bits per heavy atom. The summed E-state index contributed by atoms with van der Waals surface area (Å²) in [6.45, 7) is 0.293. The monoisotopic (exact) mass is 643 g/mol. The van der Waals surface area contributed by atoms with Gasteiger partial charge in [0.05, 0.1) is 19.1 Å². The minimum absolute atomic E-state index is 0.293. The number of carboxylic acids is 1. The zero-order chi connectivity index (χ0) is 25.5. The number of halogens is 3. The van der Waals surface area contributed by atoms with Crippen molar-refractivity contribution >= 4 is 63.6 Å². The van der Waals surface area contributed by atoms with E-state index < -0.39 is 26.7 Å². The molecule has 4 aromatic rings. The van der Waals surface area contributed by atoms with Crippen LogP contribution in [0.3, 0.4) is 0 Å². The van der Waals surface area contributed by atoms with Crippen molar-refractivity contribution in [3.8, 4) is 28.1 Å². The molecule has 1 aromatic heterocycles. The summed E-state index contributed by atoms with van der Waals surface area (Å²) in [5, 5.41) is 16.7. The van der Waals surface area contributed by atoms with E-state index in [0.717, 1.165) is 51.5 Å². The van der Waals surface area contributed by atoms with Gasteiger partial charge in [0, 0.05) is 11.5 Å². The Hall–Kier alpha value is -2.94. The molecule has 0 saturated heterocycles. The second kappa shape index (κ2) is 10.1. The SMILES string of the molecule is O=C(O)C1=IC=c2cc(-c3ccc(OCc4c(-c5c(Cl)cccc5Cl)noc4C4CC4)cc3)ccc2=C1. The summed E-state index contributed by atoms with van der Waals surface area (Å²) >= 11 is 12.3. The van der Waals surface area contributed by atoms with Crippen molar-refractivity contribution in [1.29, 1.82) is 0 Å².